The molecular formula is C11H13N5O4. The molecule has 0 radical (unpaired) electrons. The van der Waals surface area contributed by atoms with E-state index in [-0.39, 0.29) is 13.2 Å². The Morgan fingerprint density at radius 3 is 3.20 bits per heavy atom. The fraction of sp³-hybridized carbons (Fsp3) is 0.545. The van der Waals surface area contributed by atoms with Crippen LogP contribution >= 0.6 is 0 Å². The van der Waals surface area contributed by atoms with Gasteiger partial charge in [-0.25, -0.2) is 9.78 Å². The summed E-state index contributed by atoms with van der Waals surface area (Å²) in [7, 11) is 0. The molecule has 106 valence electrons. The molecule has 0 bridgehead atoms. The molecule has 1 unspecified atom stereocenters. The van der Waals surface area contributed by atoms with Crippen LogP contribution in [0.5, 0.6) is 0 Å². The number of rotatable bonds is 4. The fourth-order valence-electron chi connectivity index (χ4n) is 2.46. The number of aromatic nitrogens is 4. The van der Waals surface area contributed by atoms with Gasteiger partial charge in [-0.1, -0.05) is 5.18 Å². The highest BCUT2D eigenvalue weighted by Crippen LogP contribution is 2.37. The van der Waals surface area contributed by atoms with Gasteiger partial charge in [-0.2, -0.15) is 9.89 Å². The smallest absolute Gasteiger partial charge is 0.346 e. The van der Waals surface area contributed by atoms with Gasteiger partial charge >= 0.3 is 5.69 Å². The van der Waals surface area contributed by atoms with Crippen LogP contribution in [0.2, 0.25) is 0 Å². The first kappa shape index (κ1) is 12.9. The lowest BCUT2D eigenvalue weighted by Crippen LogP contribution is -2.36. The standard InChI is InChI=1S/C11H13N5O4/c17-5-11(4-14-19)2-1-8(20-11)16-6-13-7-3-12-10(18)15-9(7)16/h3,6,8,17H,1-2,4-5H2,(H,12,15,18)/t8-,11?/m1/s1. The van der Waals surface area contributed by atoms with Gasteiger partial charge in [-0.3, -0.25) is 9.55 Å². The summed E-state index contributed by atoms with van der Waals surface area (Å²) in [6, 6.07) is 0. The molecule has 20 heavy (non-hydrogen) atoms. The van der Waals surface area contributed by atoms with Crippen LogP contribution in [0, 0.1) is 4.91 Å². The first-order chi connectivity index (χ1) is 9.67. The number of ether oxygens (including phenoxy) is 1. The van der Waals surface area contributed by atoms with Crippen molar-refractivity contribution in [3.8, 4) is 0 Å². The van der Waals surface area contributed by atoms with Gasteiger partial charge in [-0.05, 0) is 12.8 Å². The van der Waals surface area contributed by atoms with E-state index in [9.17, 15) is 14.8 Å². The van der Waals surface area contributed by atoms with Gasteiger partial charge in [0.05, 0.1) is 19.1 Å². The van der Waals surface area contributed by atoms with Crippen LogP contribution in [0.25, 0.3) is 11.2 Å². The number of nitroso groups, excluding NO2 is 1. The highest BCUT2D eigenvalue weighted by Gasteiger charge is 2.41. The van der Waals surface area contributed by atoms with Crippen molar-refractivity contribution in [3.05, 3.63) is 27.9 Å². The molecule has 0 aromatic carbocycles. The van der Waals surface area contributed by atoms with Crippen molar-refractivity contribution in [1.29, 1.82) is 0 Å². The normalized spacial score (nSPS) is 26.1. The number of aliphatic hydroxyl groups excluding tert-OH is 1. The van der Waals surface area contributed by atoms with Gasteiger partial charge in [0.1, 0.15) is 29.5 Å². The van der Waals surface area contributed by atoms with E-state index in [2.05, 4.69) is 20.1 Å². The fourth-order valence-corrected chi connectivity index (χ4v) is 2.46. The number of aliphatic hydroxyl groups is 1. The summed E-state index contributed by atoms with van der Waals surface area (Å²) in [5.41, 5.74) is -0.373. The lowest BCUT2D eigenvalue weighted by Gasteiger charge is -2.24. The molecular weight excluding hydrogens is 266 g/mol. The molecule has 3 heterocycles. The number of fused-ring (bicyclic) bond motifs is 1. The van der Waals surface area contributed by atoms with Crippen LogP contribution in [0.4, 0.5) is 0 Å². The lowest BCUT2D eigenvalue weighted by molar-refractivity contribution is -0.0906. The molecule has 0 saturated carbocycles. The molecule has 1 fully saturated rings. The molecule has 9 heteroatoms. The second-order valence-electron chi connectivity index (χ2n) is 4.81. The first-order valence-corrected chi connectivity index (χ1v) is 6.17. The number of H-pyrrole nitrogens is 1. The third-order valence-corrected chi connectivity index (χ3v) is 3.54. The summed E-state index contributed by atoms with van der Waals surface area (Å²) in [5.74, 6) is 0. The van der Waals surface area contributed by atoms with Crippen LogP contribution in [0.15, 0.2) is 22.5 Å². The molecule has 2 aromatic heterocycles. The predicted molar refractivity (Wildman–Crippen MR) is 68.0 cm³/mol. The monoisotopic (exact) mass is 279 g/mol. The summed E-state index contributed by atoms with van der Waals surface area (Å²) in [6.07, 6.45) is 3.61. The SMILES string of the molecule is O=NCC1(CO)CC[C@H](n2cnc3cnc(=O)[nH]c32)O1. The summed E-state index contributed by atoms with van der Waals surface area (Å²) >= 11 is 0. The van der Waals surface area contributed by atoms with Crippen molar-refractivity contribution in [2.24, 2.45) is 5.18 Å². The van der Waals surface area contributed by atoms with Gasteiger partial charge in [0.15, 0.2) is 0 Å². The third-order valence-electron chi connectivity index (χ3n) is 3.54. The van der Waals surface area contributed by atoms with Crippen molar-refractivity contribution in [2.75, 3.05) is 13.2 Å². The van der Waals surface area contributed by atoms with Crippen LogP contribution < -0.4 is 5.69 Å². The van der Waals surface area contributed by atoms with E-state index in [1.165, 1.54) is 12.5 Å². The number of nitrogens with zero attached hydrogens (tertiary/aromatic N) is 4. The molecule has 2 N–H and O–H groups in total. The molecule has 0 amide bonds. The number of hydrogen-bond donors (Lipinski definition) is 2. The Morgan fingerprint density at radius 1 is 1.60 bits per heavy atom. The molecule has 1 aliphatic heterocycles. The maximum atomic E-state index is 11.3. The van der Waals surface area contributed by atoms with Crippen LogP contribution in [0.1, 0.15) is 19.1 Å². The van der Waals surface area contributed by atoms with Crippen molar-refractivity contribution >= 4 is 11.2 Å². The molecule has 1 saturated heterocycles. The Balaban J connectivity index is 1.95. The molecule has 3 rings (SSSR count). The second kappa shape index (κ2) is 4.76. The minimum absolute atomic E-state index is 0.106. The maximum Gasteiger partial charge on any atom is 0.346 e. The molecule has 1 aliphatic rings. The number of hydrogen-bond acceptors (Lipinski definition) is 7. The topological polar surface area (TPSA) is 122 Å². The van der Waals surface area contributed by atoms with Crippen LogP contribution in [-0.2, 0) is 4.74 Å². The second-order valence-corrected chi connectivity index (χ2v) is 4.81. The summed E-state index contributed by atoms with van der Waals surface area (Å²) < 4.78 is 7.44. The summed E-state index contributed by atoms with van der Waals surface area (Å²) in [6.45, 7) is -0.384. The molecule has 2 aromatic rings. The Morgan fingerprint density at radius 2 is 2.45 bits per heavy atom. The van der Waals surface area contributed by atoms with Crippen molar-refractivity contribution in [2.45, 2.75) is 24.7 Å². The molecule has 2 atom stereocenters. The highest BCUT2D eigenvalue weighted by molar-refractivity contribution is 5.68. The van der Waals surface area contributed by atoms with Gasteiger partial charge in [0.2, 0.25) is 0 Å². The predicted octanol–water partition coefficient (Wildman–Crippen LogP) is -0.0739. The zero-order valence-corrected chi connectivity index (χ0v) is 10.5. The molecule has 0 spiro atoms. The minimum atomic E-state index is -0.948. The molecule has 0 aliphatic carbocycles. The van der Waals surface area contributed by atoms with Gasteiger partial charge in [0.25, 0.3) is 0 Å². The summed E-state index contributed by atoms with van der Waals surface area (Å²) in [4.78, 5) is 32.1. The zero-order chi connectivity index (χ0) is 14.2. The Hall–Kier alpha value is -2.13. The van der Waals surface area contributed by atoms with Gasteiger partial charge in [-0.15, -0.1) is 0 Å². The summed E-state index contributed by atoms with van der Waals surface area (Å²) in [5, 5.41) is 12.2. The Kier molecular flexibility index (Phi) is 3.07. The van der Waals surface area contributed by atoms with Crippen molar-refractivity contribution in [1.82, 2.24) is 19.5 Å². The lowest BCUT2D eigenvalue weighted by atomic mass is 10.0. The first-order valence-electron chi connectivity index (χ1n) is 6.17. The van der Waals surface area contributed by atoms with Gasteiger partial charge < -0.3 is 9.84 Å². The average molecular weight is 279 g/mol. The number of nitrogens with one attached hydrogen (secondary N) is 1. The Labute approximate surface area is 112 Å². The van der Waals surface area contributed by atoms with Crippen LogP contribution in [-0.4, -0.2) is 43.4 Å². The van der Waals surface area contributed by atoms with E-state index in [4.69, 9.17) is 4.74 Å². The van der Waals surface area contributed by atoms with Crippen LogP contribution in [0.3, 0.4) is 0 Å². The Bertz CT molecular complexity index is 695. The van der Waals surface area contributed by atoms with E-state index in [0.29, 0.717) is 24.0 Å². The minimum Gasteiger partial charge on any atom is -0.393 e. The van der Waals surface area contributed by atoms with Crippen molar-refractivity contribution < 1.29 is 9.84 Å². The highest BCUT2D eigenvalue weighted by atomic mass is 16.5. The van der Waals surface area contributed by atoms with Crippen molar-refractivity contribution in [3.63, 3.8) is 0 Å². The third kappa shape index (κ3) is 2.00. The average Bonchev–Trinajstić information content (AvgIpc) is 3.03. The van der Waals surface area contributed by atoms with E-state index < -0.39 is 17.5 Å². The zero-order valence-electron chi connectivity index (χ0n) is 10.5. The number of imidazole rings is 1. The molecule has 9 nitrogen and oxygen atoms in total. The quantitative estimate of drug-likeness (QED) is 0.755. The van der Waals surface area contributed by atoms with E-state index in [1.54, 1.807) is 4.57 Å². The maximum absolute atomic E-state index is 11.3. The largest absolute Gasteiger partial charge is 0.393 e. The number of aromatic amines is 1. The van der Waals surface area contributed by atoms with E-state index in [1.807, 2.05) is 0 Å². The van der Waals surface area contributed by atoms with E-state index >= 15 is 0 Å². The van der Waals surface area contributed by atoms with E-state index in [0.717, 1.165) is 0 Å². The van der Waals surface area contributed by atoms with Gasteiger partial charge in [0, 0.05) is 0 Å².